The molecule has 1 saturated heterocycles. The van der Waals surface area contributed by atoms with E-state index in [-0.39, 0.29) is 6.04 Å². The first kappa shape index (κ1) is 29.5. The van der Waals surface area contributed by atoms with Crippen LogP contribution in [0.4, 0.5) is 0 Å². The highest BCUT2D eigenvalue weighted by Gasteiger charge is 2.65. The third kappa shape index (κ3) is 4.24. The molecule has 0 radical (unpaired) electrons. The maximum absolute atomic E-state index is 6.86. The molecule has 2 aliphatic rings. The standard InChI is InChI=1S/C47H29N5O2/c1-2-11-29(12-3-1)44-48-45(50-46(49-44)36-16-10-20-40-42(36)34-15-6-9-19-39(34)53-40)30-23-21-28(22-24-30)31-25-26-35-41(27-31)54-47(43(35)51-47)52-37-17-7-4-13-32(37)33-14-5-8-18-38(33)52/h1-27,43,51H/t43?,47-/m1/s1. The Morgan fingerprint density at radius 1 is 0.500 bits per heavy atom. The lowest BCUT2D eigenvalue weighted by Crippen LogP contribution is -2.27. The normalized spacial score (nSPS) is 17.2. The number of nitrogens with zero attached hydrogens (tertiary/aromatic N) is 4. The molecule has 0 aliphatic carbocycles. The van der Waals surface area contributed by atoms with Crippen LogP contribution in [0.3, 0.4) is 0 Å². The lowest BCUT2D eigenvalue weighted by atomic mass is 10.0. The monoisotopic (exact) mass is 695 g/mol. The van der Waals surface area contributed by atoms with Gasteiger partial charge in [-0.3, -0.25) is 4.57 Å². The van der Waals surface area contributed by atoms with Crippen molar-refractivity contribution in [2.24, 2.45) is 0 Å². The highest BCUT2D eigenvalue weighted by molar-refractivity contribution is 6.12. The maximum atomic E-state index is 6.86. The quantitative estimate of drug-likeness (QED) is 0.180. The fourth-order valence-corrected chi connectivity index (χ4v) is 8.38. The van der Waals surface area contributed by atoms with E-state index in [1.165, 1.54) is 16.3 Å². The number of fused-ring (bicyclic) bond motifs is 9. The number of hydrogen-bond acceptors (Lipinski definition) is 6. The summed E-state index contributed by atoms with van der Waals surface area (Å²) < 4.78 is 15.4. The van der Waals surface area contributed by atoms with E-state index in [2.05, 4.69) is 113 Å². The summed E-state index contributed by atoms with van der Waals surface area (Å²) >= 11 is 0. The molecule has 0 amide bonds. The predicted octanol–water partition coefficient (Wildman–Crippen LogP) is 10.9. The highest BCUT2D eigenvalue weighted by atomic mass is 16.6. The molecular weight excluding hydrogens is 667 g/mol. The largest absolute Gasteiger partial charge is 0.456 e. The Labute approximate surface area is 309 Å². The average Bonchev–Trinajstić information content (AvgIpc) is 3.50. The number of furan rings is 1. The number of rotatable bonds is 5. The molecule has 7 heteroatoms. The molecule has 54 heavy (non-hydrogen) atoms. The number of benzene rings is 7. The van der Waals surface area contributed by atoms with E-state index in [9.17, 15) is 0 Å². The molecule has 7 nitrogen and oxygen atoms in total. The van der Waals surface area contributed by atoms with E-state index in [1.54, 1.807) is 0 Å². The Bertz CT molecular complexity index is 3080. The number of hydrogen-bond donors (Lipinski definition) is 1. The molecule has 3 aromatic heterocycles. The summed E-state index contributed by atoms with van der Waals surface area (Å²) in [7, 11) is 0. The molecule has 0 spiro atoms. The van der Waals surface area contributed by atoms with Gasteiger partial charge in [-0.1, -0.05) is 133 Å². The van der Waals surface area contributed by atoms with Gasteiger partial charge in [0.1, 0.15) is 23.0 Å². The Kier molecular flexibility index (Phi) is 5.98. The van der Waals surface area contributed by atoms with Crippen molar-refractivity contribution in [2.45, 2.75) is 11.9 Å². The fraction of sp³-hybridized carbons (Fsp3) is 0.0426. The van der Waals surface area contributed by atoms with Crippen LogP contribution in [0.25, 0.3) is 89.0 Å². The minimum absolute atomic E-state index is 0.0749. The van der Waals surface area contributed by atoms with Gasteiger partial charge in [-0.15, -0.1) is 0 Å². The van der Waals surface area contributed by atoms with Gasteiger partial charge in [0.05, 0.1) is 11.0 Å². The van der Waals surface area contributed by atoms with Crippen molar-refractivity contribution in [3.63, 3.8) is 0 Å². The lowest BCUT2D eigenvalue weighted by molar-refractivity contribution is 0.113. The van der Waals surface area contributed by atoms with Crippen LogP contribution in [-0.4, -0.2) is 19.5 Å². The van der Waals surface area contributed by atoms with Crippen molar-refractivity contribution in [3.8, 4) is 51.0 Å². The first-order valence-electron chi connectivity index (χ1n) is 18.1. The first-order valence-corrected chi connectivity index (χ1v) is 18.1. The van der Waals surface area contributed by atoms with Crippen LogP contribution >= 0.6 is 0 Å². The molecule has 1 fully saturated rings. The Morgan fingerprint density at radius 2 is 1.09 bits per heavy atom. The number of para-hydroxylation sites is 3. The number of aromatic nitrogens is 4. The van der Waals surface area contributed by atoms with Crippen LogP contribution < -0.4 is 10.1 Å². The molecule has 12 rings (SSSR count). The minimum atomic E-state index is -0.645. The van der Waals surface area contributed by atoms with Crippen LogP contribution in [0.1, 0.15) is 11.6 Å². The zero-order chi connectivity index (χ0) is 35.4. The molecule has 0 saturated carbocycles. The molecule has 10 aromatic rings. The van der Waals surface area contributed by atoms with Crippen molar-refractivity contribution in [1.82, 2.24) is 24.8 Å². The van der Waals surface area contributed by atoms with Crippen LogP contribution in [0.5, 0.6) is 5.75 Å². The van der Waals surface area contributed by atoms with Crippen molar-refractivity contribution in [3.05, 3.63) is 169 Å². The molecule has 254 valence electrons. The summed E-state index contributed by atoms with van der Waals surface area (Å²) in [6, 6.07) is 56.4. The second-order valence-corrected chi connectivity index (χ2v) is 14.0. The molecule has 7 aromatic carbocycles. The first-order chi connectivity index (χ1) is 26.7. The van der Waals surface area contributed by atoms with Crippen molar-refractivity contribution < 1.29 is 9.15 Å². The summed E-state index contributed by atoms with van der Waals surface area (Å²) in [4.78, 5) is 15.1. The number of nitrogens with one attached hydrogen (secondary N) is 1. The van der Waals surface area contributed by atoms with E-state index >= 15 is 0 Å². The summed E-state index contributed by atoms with van der Waals surface area (Å²) in [6.45, 7) is 0. The Balaban J connectivity index is 0.917. The van der Waals surface area contributed by atoms with Gasteiger partial charge in [0.2, 0.25) is 0 Å². The SMILES string of the molecule is c1ccc(-c2nc(-c3ccc(-c4ccc5c(c4)O[C@@]4(n6c7ccccc7c7ccccc76)NC54)cc3)nc(-c3cccc4oc5ccccc5c34)n2)cc1. The van der Waals surface area contributed by atoms with Crippen molar-refractivity contribution in [1.29, 1.82) is 0 Å². The van der Waals surface area contributed by atoms with Crippen molar-refractivity contribution >= 4 is 43.7 Å². The predicted molar refractivity (Wildman–Crippen MR) is 213 cm³/mol. The van der Waals surface area contributed by atoms with Gasteiger partial charge in [-0.2, -0.15) is 0 Å². The second-order valence-electron chi connectivity index (χ2n) is 14.0. The van der Waals surface area contributed by atoms with E-state index in [0.717, 1.165) is 66.5 Å². The molecule has 0 bridgehead atoms. The van der Waals surface area contributed by atoms with Gasteiger partial charge in [0.15, 0.2) is 17.5 Å². The minimum Gasteiger partial charge on any atom is -0.456 e. The number of ether oxygens (including phenoxy) is 1. The van der Waals surface area contributed by atoms with Gasteiger partial charge in [0.25, 0.3) is 5.85 Å². The second kappa shape index (κ2) is 11.0. The maximum Gasteiger partial charge on any atom is 0.265 e. The zero-order valence-electron chi connectivity index (χ0n) is 28.8. The summed E-state index contributed by atoms with van der Waals surface area (Å²) in [5.41, 5.74) is 10.0. The summed E-state index contributed by atoms with van der Waals surface area (Å²) in [5, 5.41) is 8.15. The smallest absolute Gasteiger partial charge is 0.265 e. The third-order valence-corrected chi connectivity index (χ3v) is 10.9. The van der Waals surface area contributed by atoms with Crippen LogP contribution in [0, 0.1) is 0 Å². The van der Waals surface area contributed by atoms with Gasteiger partial charge in [0, 0.05) is 43.8 Å². The topological polar surface area (TPSA) is 87.9 Å². The third-order valence-electron chi connectivity index (χ3n) is 10.9. The van der Waals surface area contributed by atoms with Crippen LogP contribution in [0.15, 0.2) is 168 Å². The van der Waals surface area contributed by atoms with Gasteiger partial charge >= 0.3 is 0 Å². The van der Waals surface area contributed by atoms with Gasteiger partial charge < -0.3 is 9.15 Å². The Hall–Kier alpha value is -7.09. The molecular formula is C47H29N5O2. The van der Waals surface area contributed by atoms with E-state index in [4.69, 9.17) is 24.1 Å². The van der Waals surface area contributed by atoms with Crippen LogP contribution in [0.2, 0.25) is 0 Å². The van der Waals surface area contributed by atoms with E-state index < -0.39 is 5.85 Å². The highest BCUT2D eigenvalue weighted by Crippen LogP contribution is 2.58. The van der Waals surface area contributed by atoms with Crippen molar-refractivity contribution in [2.75, 3.05) is 0 Å². The Morgan fingerprint density at radius 3 is 1.85 bits per heavy atom. The summed E-state index contributed by atoms with van der Waals surface area (Å²) in [5.74, 6) is 2.07. The molecule has 5 heterocycles. The molecule has 1 unspecified atom stereocenters. The zero-order valence-corrected chi connectivity index (χ0v) is 28.8. The lowest BCUT2D eigenvalue weighted by Gasteiger charge is -2.18. The molecule has 2 atom stereocenters. The summed E-state index contributed by atoms with van der Waals surface area (Å²) in [6.07, 6.45) is 0. The van der Waals surface area contributed by atoms with E-state index in [1.807, 2.05) is 60.7 Å². The average molecular weight is 696 g/mol. The van der Waals surface area contributed by atoms with Crippen LogP contribution in [-0.2, 0) is 5.85 Å². The van der Waals surface area contributed by atoms with Gasteiger partial charge in [-0.05, 0) is 41.5 Å². The molecule has 2 aliphatic heterocycles. The van der Waals surface area contributed by atoms with Gasteiger partial charge in [-0.25, -0.2) is 20.3 Å². The molecule has 1 N–H and O–H groups in total. The van der Waals surface area contributed by atoms with E-state index in [0.29, 0.717) is 17.5 Å². The fourth-order valence-electron chi connectivity index (χ4n) is 8.38.